The Hall–Kier alpha value is -3.65. The Morgan fingerprint density at radius 3 is 2.76 bits per heavy atom. The number of carbonyl (C=O) groups excluding carboxylic acids is 2. The molecule has 1 aliphatic rings. The average Bonchev–Trinajstić information content (AvgIpc) is 3.30. The van der Waals surface area contributed by atoms with Gasteiger partial charge in [0.1, 0.15) is 5.82 Å². The number of thiazole rings is 1. The van der Waals surface area contributed by atoms with Crippen LogP contribution in [0.25, 0.3) is 22.2 Å². The molecular weight excluding hydrogens is 453 g/mol. The normalized spacial score (nSPS) is 15.1. The summed E-state index contributed by atoms with van der Waals surface area (Å²) in [4.78, 5) is 34.7. The van der Waals surface area contributed by atoms with Crippen LogP contribution in [0.2, 0.25) is 0 Å². The molecule has 0 saturated heterocycles. The van der Waals surface area contributed by atoms with Crippen LogP contribution in [0, 0.1) is 11.7 Å². The average molecular weight is 476 g/mol. The molecule has 2 aromatic heterocycles. The number of fused-ring (bicyclic) bond motifs is 2. The molecule has 5 rings (SSSR count). The second-order valence-electron chi connectivity index (χ2n) is 8.45. The molecule has 1 unspecified atom stereocenters. The van der Waals surface area contributed by atoms with Crippen molar-refractivity contribution in [3.05, 3.63) is 76.5 Å². The van der Waals surface area contributed by atoms with Crippen molar-refractivity contribution in [1.29, 1.82) is 0 Å². The maximum absolute atomic E-state index is 13.1. The molecule has 8 heteroatoms. The largest absolute Gasteiger partial charge is 0.452 e. The number of amides is 1. The SMILES string of the molecule is CC1CCc2nc3ccccc3c(C(=O)OCC(=O)Nc3nc(-c4ccc(F)cc4)cs3)c2C1. The quantitative estimate of drug-likeness (QED) is 0.390. The summed E-state index contributed by atoms with van der Waals surface area (Å²) in [5, 5.41) is 5.55. The van der Waals surface area contributed by atoms with Crippen molar-refractivity contribution in [2.75, 3.05) is 11.9 Å². The second-order valence-corrected chi connectivity index (χ2v) is 9.30. The Kier molecular flexibility index (Phi) is 6.06. The molecule has 0 aliphatic heterocycles. The van der Waals surface area contributed by atoms with Crippen LogP contribution in [-0.4, -0.2) is 28.5 Å². The molecule has 1 amide bonds. The first-order valence-corrected chi connectivity index (χ1v) is 11.9. The number of halogens is 1. The van der Waals surface area contributed by atoms with Crippen molar-refractivity contribution in [3.63, 3.8) is 0 Å². The van der Waals surface area contributed by atoms with Crippen molar-refractivity contribution in [3.8, 4) is 11.3 Å². The summed E-state index contributed by atoms with van der Waals surface area (Å²) in [7, 11) is 0. The van der Waals surface area contributed by atoms with E-state index in [4.69, 9.17) is 9.72 Å². The summed E-state index contributed by atoms with van der Waals surface area (Å²) >= 11 is 1.24. The van der Waals surface area contributed by atoms with Crippen molar-refractivity contribution in [1.82, 2.24) is 9.97 Å². The van der Waals surface area contributed by atoms with E-state index in [1.54, 1.807) is 17.5 Å². The standard InChI is InChI=1S/C26H22FN3O3S/c1-15-6-11-21-19(12-15)24(18-4-2-3-5-20(18)28-21)25(32)33-13-23(31)30-26-29-22(14-34-26)16-7-9-17(27)10-8-16/h2-5,7-10,14-15H,6,11-13H2,1H3,(H,29,30,31). The molecule has 1 atom stereocenters. The fraction of sp³-hybridized carbons (Fsp3) is 0.231. The first kappa shape index (κ1) is 22.2. The molecule has 1 aliphatic carbocycles. The van der Waals surface area contributed by atoms with E-state index in [-0.39, 0.29) is 5.82 Å². The molecule has 34 heavy (non-hydrogen) atoms. The zero-order valence-corrected chi connectivity index (χ0v) is 19.3. The molecule has 0 fully saturated rings. The number of nitrogens with one attached hydrogen (secondary N) is 1. The van der Waals surface area contributed by atoms with Crippen molar-refractivity contribution < 1.29 is 18.7 Å². The molecule has 2 aromatic carbocycles. The summed E-state index contributed by atoms with van der Waals surface area (Å²) in [6.07, 6.45) is 2.61. The number of para-hydroxylation sites is 1. The van der Waals surface area contributed by atoms with Gasteiger partial charge in [-0.3, -0.25) is 15.1 Å². The lowest BCUT2D eigenvalue weighted by atomic mass is 9.84. The molecule has 4 aromatic rings. The van der Waals surface area contributed by atoms with Gasteiger partial charge in [0.25, 0.3) is 5.91 Å². The van der Waals surface area contributed by atoms with Crippen molar-refractivity contribution in [2.24, 2.45) is 5.92 Å². The van der Waals surface area contributed by atoms with Crippen molar-refractivity contribution in [2.45, 2.75) is 26.2 Å². The number of hydrogen-bond donors (Lipinski definition) is 1. The molecule has 172 valence electrons. The molecule has 2 heterocycles. The van der Waals surface area contributed by atoms with Gasteiger partial charge in [-0.15, -0.1) is 11.3 Å². The van der Waals surface area contributed by atoms with Gasteiger partial charge in [0.15, 0.2) is 11.7 Å². The highest BCUT2D eigenvalue weighted by Gasteiger charge is 2.26. The fourth-order valence-electron chi connectivity index (χ4n) is 4.24. The van der Waals surface area contributed by atoms with Gasteiger partial charge in [0.2, 0.25) is 0 Å². The highest BCUT2D eigenvalue weighted by molar-refractivity contribution is 7.14. The number of hydrogen-bond acceptors (Lipinski definition) is 6. The van der Waals surface area contributed by atoms with Gasteiger partial charge in [-0.1, -0.05) is 25.1 Å². The number of benzene rings is 2. The Morgan fingerprint density at radius 2 is 1.94 bits per heavy atom. The minimum atomic E-state index is -0.523. The number of carbonyl (C=O) groups is 2. The van der Waals surface area contributed by atoms with Crippen LogP contribution < -0.4 is 5.32 Å². The Balaban J connectivity index is 1.30. The lowest BCUT2D eigenvalue weighted by Crippen LogP contribution is -2.23. The van der Waals surface area contributed by atoms with Gasteiger partial charge < -0.3 is 4.74 Å². The number of nitrogens with zero attached hydrogens (tertiary/aromatic N) is 2. The van der Waals surface area contributed by atoms with E-state index in [0.29, 0.717) is 22.3 Å². The molecular formula is C26H22FN3O3S. The zero-order valence-electron chi connectivity index (χ0n) is 18.5. The molecule has 0 saturated carbocycles. The van der Waals surface area contributed by atoms with Crippen LogP contribution in [0.3, 0.4) is 0 Å². The van der Waals surface area contributed by atoms with Gasteiger partial charge in [-0.25, -0.2) is 14.2 Å². The minimum absolute atomic E-state index is 0.327. The number of esters is 1. The minimum Gasteiger partial charge on any atom is -0.452 e. The molecule has 1 N–H and O–H groups in total. The fourth-order valence-corrected chi connectivity index (χ4v) is 4.97. The van der Waals surface area contributed by atoms with E-state index in [1.807, 2.05) is 24.3 Å². The molecule has 6 nitrogen and oxygen atoms in total. The van der Waals surface area contributed by atoms with Gasteiger partial charge in [0, 0.05) is 22.0 Å². The Morgan fingerprint density at radius 1 is 1.15 bits per heavy atom. The zero-order chi connectivity index (χ0) is 23.7. The third kappa shape index (κ3) is 4.54. The third-order valence-corrected chi connectivity index (χ3v) is 6.69. The summed E-state index contributed by atoms with van der Waals surface area (Å²) in [5.74, 6) is -0.878. The van der Waals surface area contributed by atoms with Crippen molar-refractivity contribution >= 4 is 39.2 Å². The van der Waals surface area contributed by atoms with Gasteiger partial charge in [-0.2, -0.15) is 0 Å². The summed E-state index contributed by atoms with van der Waals surface area (Å²) in [5.41, 5.74) is 4.49. The van der Waals surface area contributed by atoms with E-state index in [9.17, 15) is 14.0 Å². The van der Waals surface area contributed by atoms with Gasteiger partial charge >= 0.3 is 5.97 Å². The monoisotopic (exact) mass is 475 g/mol. The van der Waals surface area contributed by atoms with E-state index in [1.165, 1.54) is 23.5 Å². The maximum atomic E-state index is 13.1. The highest BCUT2D eigenvalue weighted by atomic mass is 32.1. The van der Waals surface area contributed by atoms with E-state index >= 15 is 0 Å². The van der Waals surface area contributed by atoms with Crippen LogP contribution in [0.5, 0.6) is 0 Å². The van der Waals surface area contributed by atoms with Crippen LogP contribution in [0.15, 0.2) is 53.9 Å². The first-order valence-electron chi connectivity index (χ1n) is 11.1. The number of aromatic nitrogens is 2. The van der Waals surface area contributed by atoms with Crippen LogP contribution in [0.4, 0.5) is 9.52 Å². The maximum Gasteiger partial charge on any atom is 0.339 e. The van der Waals surface area contributed by atoms with Gasteiger partial charge in [0.05, 0.1) is 16.8 Å². The smallest absolute Gasteiger partial charge is 0.339 e. The predicted octanol–water partition coefficient (Wildman–Crippen LogP) is 5.42. The summed E-state index contributed by atoms with van der Waals surface area (Å²) < 4.78 is 18.6. The highest BCUT2D eigenvalue weighted by Crippen LogP contribution is 2.32. The van der Waals surface area contributed by atoms with E-state index in [0.717, 1.165) is 47.0 Å². The summed E-state index contributed by atoms with van der Waals surface area (Å²) in [6.45, 7) is 1.74. The number of anilines is 1. The number of aryl methyl sites for hydroxylation is 1. The van der Waals surface area contributed by atoms with Gasteiger partial charge in [-0.05, 0) is 61.1 Å². The topological polar surface area (TPSA) is 81.2 Å². The second kappa shape index (κ2) is 9.30. The molecule has 0 bridgehead atoms. The Bertz CT molecular complexity index is 1380. The van der Waals surface area contributed by atoms with Crippen LogP contribution in [-0.2, 0) is 22.4 Å². The predicted molar refractivity (Wildman–Crippen MR) is 129 cm³/mol. The number of ether oxygens (including phenoxy) is 1. The van der Waals surface area contributed by atoms with E-state index < -0.39 is 18.5 Å². The number of pyridine rings is 1. The summed E-state index contributed by atoms with van der Waals surface area (Å²) in [6, 6.07) is 13.5. The number of rotatable bonds is 5. The van der Waals surface area contributed by atoms with E-state index in [2.05, 4.69) is 17.2 Å². The first-order chi connectivity index (χ1) is 16.5. The molecule has 0 spiro atoms. The third-order valence-electron chi connectivity index (χ3n) is 5.93. The van der Waals surface area contributed by atoms with Crippen LogP contribution >= 0.6 is 11.3 Å². The van der Waals surface area contributed by atoms with Crippen LogP contribution in [0.1, 0.15) is 35.0 Å². The lowest BCUT2D eigenvalue weighted by Gasteiger charge is -2.24. The lowest BCUT2D eigenvalue weighted by molar-refractivity contribution is -0.119. The molecule has 0 radical (unpaired) electrons. The Labute approximate surface area is 199 Å².